The molecule has 4 nitrogen and oxygen atoms in total. The highest BCUT2D eigenvalue weighted by molar-refractivity contribution is 5.81. The molecular formula is C11H20N2O2. The molecule has 0 heterocycles. The van der Waals surface area contributed by atoms with Crippen molar-refractivity contribution >= 4 is 5.91 Å². The minimum atomic E-state index is -0.283. The molecule has 0 rings (SSSR count). The first kappa shape index (κ1) is 13.9. The fraction of sp³-hybridized carbons (Fsp3) is 0.727. The normalized spacial score (nSPS) is 14.0. The predicted octanol–water partition coefficient (Wildman–Crippen LogP) is -0.125. The van der Waals surface area contributed by atoms with Gasteiger partial charge in [-0.1, -0.05) is 12.8 Å². The SMILES string of the molecule is C#CCNC(=O)C(C)NC(CC)CCO. The van der Waals surface area contributed by atoms with Crippen molar-refractivity contribution in [2.75, 3.05) is 13.2 Å². The van der Waals surface area contributed by atoms with E-state index in [0.29, 0.717) is 6.42 Å². The second-order valence-electron chi connectivity index (χ2n) is 3.43. The van der Waals surface area contributed by atoms with Crippen molar-refractivity contribution in [2.24, 2.45) is 0 Å². The van der Waals surface area contributed by atoms with Crippen LogP contribution >= 0.6 is 0 Å². The molecule has 86 valence electrons. The molecule has 0 saturated heterocycles. The Balaban J connectivity index is 3.93. The van der Waals surface area contributed by atoms with Crippen molar-refractivity contribution < 1.29 is 9.90 Å². The lowest BCUT2D eigenvalue weighted by Crippen LogP contribution is -2.46. The maximum atomic E-state index is 11.4. The fourth-order valence-corrected chi connectivity index (χ4v) is 1.28. The second kappa shape index (κ2) is 8.27. The van der Waals surface area contributed by atoms with Crippen LogP contribution in [0.4, 0.5) is 0 Å². The summed E-state index contributed by atoms with van der Waals surface area (Å²) in [5, 5.41) is 14.5. The van der Waals surface area contributed by atoms with Gasteiger partial charge in [-0.15, -0.1) is 6.42 Å². The average molecular weight is 212 g/mol. The lowest BCUT2D eigenvalue weighted by molar-refractivity contribution is -0.122. The number of rotatable bonds is 7. The highest BCUT2D eigenvalue weighted by Gasteiger charge is 2.15. The van der Waals surface area contributed by atoms with E-state index in [0.717, 1.165) is 6.42 Å². The van der Waals surface area contributed by atoms with Crippen LogP contribution in [-0.2, 0) is 4.79 Å². The average Bonchev–Trinajstić information content (AvgIpc) is 2.24. The monoisotopic (exact) mass is 212 g/mol. The minimum Gasteiger partial charge on any atom is -0.396 e. The molecule has 0 fully saturated rings. The van der Waals surface area contributed by atoms with E-state index in [2.05, 4.69) is 16.6 Å². The molecule has 2 unspecified atom stereocenters. The number of amides is 1. The number of terminal acetylenes is 1. The Morgan fingerprint density at radius 3 is 2.73 bits per heavy atom. The van der Waals surface area contributed by atoms with Gasteiger partial charge in [0.2, 0.25) is 5.91 Å². The molecule has 0 aromatic rings. The van der Waals surface area contributed by atoms with Gasteiger partial charge in [0.15, 0.2) is 0 Å². The summed E-state index contributed by atoms with van der Waals surface area (Å²) in [7, 11) is 0. The largest absolute Gasteiger partial charge is 0.396 e. The van der Waals surface area contributed by atoms with Crippen LogP contribution in [0, 0.1) is 12.3 Å². The van der Waals surface area contributed by atoms with Gasteiger partial charge < -0.3 is 15.7 Å². The van der Waals surface area contributed by atoms with Gasteiger partial charge in [-0.05, 0) is 19.8 Å². The molecule has 0 aliphatic carbocycles. The zero-order valence-electron chi connectivity index (χ0n) is 9.42. The molecule has 1 amide bonds. The van der Waals surface area contributed by atoms with E-state index < -0.39 is 0 Å². The summed E-state index contributed by atoms with van der Waals surface area (Å²) in [6.07, 6.45) is 6.57. The zero-order chi connectivity index (χ0) is 11.7. The maximum absolute atomic E-state index is 11.4. The van der Waals surface area contributed by atoms with Gasteiger partial charge in [0, 0.05) is 12.6 Å². The van der Waals surface area contributed by atoms with Crippen LogP contribution in [-0.4, -0.2) is 36.2 Å². The topological polar surface area (TPSA) is 61.4 Å². The molecule has 3 N–H and O–H groups in total. The quantitative estimate of drug-likeness (QED) is 0.515. The summed E-state index contributed by atoms with van der Waals surface area (Å²) in [5.41, 5.74) is 0. The first-order chi connectivity index (χ1) is 7.15. The van der Waals surface area contributed by atoms with Crippen molar-refractivity contribution in [1.29, 1.82) is 0 Å². The Kier molecular flexibility index (Phi) is 7.69. The highest BCUT2D eigenvalue weighted by Crippen LogP contribution is 1.98. The Morgan fingerprint density at radius 2 is 2.27 bits per heavy atom. The van der Waals surface area contributed by atoms with Crippen LogP contribution in [0.25, 0.3) is 0 Å². The lowest BCUT2D eigenvalue weighted by atomic mass is 10.1. The van der Waals surface area contributed by atoms with E-state index in [-0.39, 0.29) is 31.1 Å². The van der Waals surface area contributed by atoms with E-state index >= 15 is 0 Å². The predicted molar refractivity (Wildman–Crippen MR) is 60.2 cm³/mol. The Hall–Kier alpha value is -1.05. The molecule has 0 aromatic carbocycles. The maximum Gasteiger partial charge on any atom is 0.237 e. The number of aliphatic hydroxyl groups excluding tert-OH is 1. The second-order valence-corrected chi connectivity index (χ2v) is 3.43. The number of carbonyl (C=O) groups is 1. The van der Waals surface area contributed by atoms with Crippen molar-refractivity contribution in [3.8, 4) is 12.3 Å². The minimum absolute atomic E-state index is 0.107. The third kappa shape index (κ3) is 6.10. The number of carbonyl (C=O) groups excluding carboxylic acids is 1. The Labute approximate surface area is 91.4 Å². The van der Waals surface area contributed by atoms with Gasteiger partial charge in [-0.2, -0.15) is 0 Å². The molecule has 15 heavy (non-hydrogen) atoms. The molecule has 0 aromatic heterocycles. The smallest absolute Gasteiger partial charge is 0.237 e. The number of hydrogen-bond acceptors (Lipinski definition) is 3. The number of hydrogen-bond donors (Lipinski definition) is 3. The third-order valence-electron chi connectivity index (χ3n) is 2.21. The summed E-state index contributed by atoms with van der Waals surface area (Å²) >= 11 is 0. The third-order valence-corrected chi connectivity index (χ3v) is 2.21. The lowest BCUT2D eigenvalue weighted by Gasteiger charge is -2.20. The molecule has 2 atom stereocenters. The van der Waals surface area contributed by atoms with Crippen LogP contribution < -0.4 is 10.6 Å². The van der Waals surface area contributed by atoms with E-state index in [1.54, 1.807) is 6.92 Å². The van der Waals surface area contributed by atoms with Crippen LogP contribution in [0.15, 0.2) is 0 Å². The fourth-order valence-electron chi connectivity index (χ4n) is 1.28. The first-order valence-corrected chi connectivity index (χ1v) is 5.23. The van der Waals surface area contributed by atoms with Gasteiger partial charge in [-0.3, -0.25) is 4.79 Å². The van der Waals surface area contributed by atoms with Crippen LogP contribution in [0.5, 0.6) is 0 Å². The highest BCUT2D eigenvalue weighted by atomic mass is 16.3. The molecule has 0 radical (unpaired) electrons. The van der Waals surface area contributed by atoms with E-state index in [9.17, 15) is 4.79 Å². The number of nitrogens with one attached hydrogen (secondary N) is 2. The summed E-state index contributed by atoms with van der Waals surface area (Å²) in [6.45, 7) is 4.18. The van der Waals surface area contributed by atoms with E-state index in [4.69, 9.17) is 11.5 Å². The van der Waals surface area contributed by atoms with Crippen molar-refractivity contribution in [1.82, 2.24) is 10.6 Å². The Morgan fingerprint density at radius 1 is 1.60 bits per heavy atom. The Bertz CT molecular complexity index is 223. The van der Waals surface area contributed by atoms with Crippen molar-refractivity contribution in [2.45, 2.75) is 38.8 Å². The molecule has 4 heteroatoms. The summed E-state index contributed by atoms with van der Waals surface area (Å²) < 4.78 is 0. The zero-order valence-corrected chi connectivity index (χ0v) is 9.42. The summed E-state index contributed by atoms with van der Waals surface area (Å²) in [6, 6.07) is -0.114. The van der Waals surface area contributed by atoms with Gasteiger partial charge in [0.1, 0.15) is 0 Å². The van der Waals surface area contributed by atoms with Gasteiger partial charge in [-0.25, -0.2) is 0 Å². The van der Waals surface area contributed by atoms with Crippen LogP contribution in [0.1, 0.15) is 26.7 Å². The molecule has 0 saturated carbocycles. The van der Waals surface area contributed by atoms with Gasteiger partial charge >= 0.3 is 0 Å². The van der Waals surface area contributed by atoms with Crippen molar-refractivity contribution in [3.05, 3.63) is 0 Å². The van der Waals surface area contributed by atoms with Crippen LogP contribution in [0.2, 0.25) is 0 Å². The molecule has 0 aliphatic rings. The molecule has 0 spiro atoms. The summed E-state index contributed by atoms with van der Waals surface area (Å²) in [5.74, 6) is 2.24. The first-order valence-electron chi connectivity index (χ1n) is 5.23. The van der Waals surface area contributed by atoms with Gasteiger partial charge in [0.25, 0.3) is 0 Å². The number of aliphatic hydroxyl groups is 1. The summed E-state index contributed by atoms with van der Waals surface area (Å²) in [4.78, 5) is 11.4. The van der Waals surface area contributed by atoms with Gasteiger partial charge in [0.05, 0.1) is 12.6 Å². The molecule has 0 aliphatic heterocycles. The van der Waals surface area contributed by atoms with E-state index in [1.165, 1.54) is 0 Å². The van der Waals surface area contributed by atoms with Crippen molar-refractivity contribution in [3.63, 3.8) is 0 Å². The van der Waals surface area contributed by atoms with Crippen LogP contribution in [0.3, 0.4) is 0 Å². The standard InChI is InChI=1S/C11H20N2O2/c1-4-7-12-11(15)9(3)13-10(5-2)6-8-14/h1,9-10,13-14H,5-8H2,2-3H3,(H,12,15). The van der Waals surface area contributed by atoms with E-state index in [1.807, 2.05) is 6.92 Å². The molecule has 0 bridgehead atoms. The molecular weight excluding hydrogens is 192 g/mol.